The Morgan fingerprint density at radius 1 is 0.895 bits per heavy atom. The topological polar surface area (TPSA) is 86.3 Å². The van der Waals surface area contributed by atoms with Crippen molar-refractivity contribution >= 4 is 27.3 Å². The molecule has 0 saturated heterocycles. The van der Waals surface area contributed by atoms with Gasteiger partial charge in [0.2, 0.25) is 0 Å². The molecule has 0 atom stereocenters. The van der Waals surface area contributed by atoms with Crippen LogP contribution in [0.25, 0.3) is 11.1 Å². The summed E-state index contributed by atoms with van der Waals surface area (Å²) in [5.41, 5.74) is -0.133. The fourth-order valence-corrected chi connectivity index (χ4v) is 2.17. The predicted molar refractivity (Wildman–Crippen MR) is 72.9 cm³/mol. The van der Waals surface area contributed by atoms with Gasteiger partial charge >= 0.3 is 0 Å². The van der Waals surface area contributed by atoms with E-state index in [1.54, 1.807) is 24.3 Å². The molecular formula is C12H7BrN2O4. The van der Waals surface area contributed by atoms with Crippen molar-refractivity contribution in [1.82, 2.24) is 0 Å². The molecule has 0 N–H and O–H groups in total. The highest BCUT2D eigenvalue weighted by molar-refractivity contribution is 9.10. The molecule has 0 aliphatic carbocycles. The van der Waals surface area contributed by atoms with Gasteiger partial charge < -0.3 is 0 Å². The van der Waals surface area contributed by atoms with E-state index in [1.807, 2.05) is 0 Å². The van der Waals surface area contributed by atoms with Gasteiger partial charge in [-0.25, -0.2) is 0 Å². The first-order chi connectivity index (χ1) is 9.00. The summed E-state index contributed by atoms with van der Waals surface area (Å²) in [6.45, 7) is 0. The van der Waals surface area contributed by atoms with Gasteiger partial charge in [-0.3, -0.25) is 20.2 Å². The van der Waals surface area contributed by atoms with E-state index in [9.17, 15) is 20.2 Å². The van der Waals surface area contributed by atoms with E-state index in [2.05, 4.69) is 15.9 Å². The number of nitrogens with zero attached hydrogens (tertiary/aromatic N) is 2. The molecule has 2 aromatic rings. The molecule has 2 aromatic carbocycles. The Hall–Kier alpha value is -2.28. The first-order valence-corrected chi connectivity index (χ1v) is 5.97. The van der Waals surface area contributed by atoms with E-state index in [1.165, 1.54) is 18.2 Å². The summed E-state index contributed by atoms with van der Waals surface area (Å²) in [6.07, 6.45) is 0. The number of hydrogen-bond donors (Lipinski definition) is 0. The van der Waals surface area contributed by atoms with E-state index in [0.29, 0.717) is 10.0 Å². The van der Waals surface area contributed by atoms with Crippen molar-refractivity contribution in [2.45, 2.75) is 0 Å². The molecule has 0 unspecified atom stereocenters. The summed E-state index contributed by atoms with van der Waals surface area (Å²) in [5, 5.41) is 22.1. The molecule has 0 bridgehead atoms. The van der Waals surface area contributed by atoms with Crippen molar-refractivity contribution in [3.05, 3.63) is 67.2 Å². The Morgan fingerprint density at radius 2 is 1.42 bits per heavy atom. The molecule has 0 aliphatic heterocycles. The zero-order valence-corrected chi connectivity index (χ0v) is 11.0. The van der Waals surface area contributed by atoms with Gasteiger partial charge in [-0.2, -0.15) is 0 Å². The van der Waals surface area contributed by atoms with Gasteiger partial charge in [0.15, 0.2) is 0 Å². The molecule has 0 fully saturated rings. The normalized spacial score (nSPS) is 10.2. The third-order valence-electron chi connectivity index (χ3n) is 2.53. The van der Waals surface area contributed by atoms with Crippen LogP contribution in [-0.2, 0) is 0 Å². The van der Waals surface area contributed by atoms with Crippen LogP contribution in [-0.4, -0.2) is 9.85 Å². The first-order valence-electron chi connectivity index (χ1n) is 5.18. The number of nitro groups is 2. The van der Waals surface area contributed by atoms with Crippen LogP contribution in [0, 0.1) is 20.2 Å². The van der Waals surface area contributed by atoms with Crippen molar-refractivity contribution in [2.24, 2.45) is 0 Å². The summed E-state index contributed by atoms with van der Waals surface area (Å²) in [7, 11) is 0. The molecule has 0 saturated carbocycles. The van der Waals surface area contributed by atoms with Crippen molar-refractivity contribution in [1.29, 1.82) is 0 Å². The van der Waals surface area contributed by atoms with Gasteiger partial charge in [0.1, 0.15) is 5.56 Å². The van der Waals surface area contributed by atoms with Gasteiger partial charge in [-0.05, 0) is 23.8 Å². The molecule has 0 spiro atoms. The Morgan fingerprint density at radius 3 is 1.89 bits per heavy atom. The summed E-state index contributed by atoms with van der Waals surface area (Å²) in [6, 6.07) is 10.4. The Kier molecular flexibility index (Phi) is 3.57. The number of benzene rings is 2. The van der Waals surface area contributed by atoms with E-state index >= 15 is 0 Å². The van der Waals surface area contributed by atoms with Crippen LogP contribution in [0.3, 0.4) is 0 Å². The number of hydrogen-bond acceptors (Lipinski definition) is 4. The number of halogens is 1. The average molecular weight is 323 g/mol. The van der Waals surface area contributed by atoms with E-state index in [0.717, 1.165) is 0 Å². The molecule has 19 heavy (non-hydrogen) atoms. The van der Waals surface area contributed by atoms with E-state index in [4.69, 9.17) is 0 Å². The lowest BCUT2D eigenvalue weighted by Gasteiger charge is -2.04. The van der Waals surface area contributed by atoms with Crippen LogP contribution in [0.2, 0.25) is 0 Å². The fraction of sp³-hybridized carbons (Fsp3) is 0. The van der Waals surface area contributed by atoms with Crippen LogP contribution in [0.1, 0.15) is 0 Å². The minimum atomic E-state index is -0.622. The summed E-state index contributed by atoms with van der Waals surface area (Å²) in [4.78, 5) is 20.8. The van der Waals surface area contributed by atoms with Gasteiger partial charge in [-0.1, -0.05) is 28.1 Å². The van der Waals surface area contributed by atoms with Crippen LogP contribution >= 0.6 is 15.9 Å². The zero-order chi connectivity index (χ0) is 14.0. The maximum absolute atomic E-state index is 11.0. The van der Waals surface area contributed by atoms with Gasteiger partial charge in [0.05, 0.1) is 9.85 Å². The third kappa shape index (κ3) is 2.60. The number of nitro benzene ring substituents is 2. The minimum Gasteiger partial charge on any atom is -0.258 e. The highest BCUT2D eigenvalue weighted by Crippen LogP contribution is 2.38. The van der Waals surface area contributed by atoms with Crippen molar-refractivity contribution in [3.8, 4) is 11.1 Å². The predicted octanol–water partition coefficient (Wildman–Crippen LogP) is 3.93. The molecule has 0 heterocycles. The maximum atomic E-state index is 11.0. The smallest absolute Gasteiger partial charge is 0.258 e. The minimum absolute atomic E-state index is 0.0128. The van der Waals surface area contributed by atoms with Crippen LogP contribution in [0.4, 0.5) is 11.4 Å². The fourth-order valence-electron chi connectivity index (χ4n) is 1.77. The second kappa shape index (κ2) is 5.15. The maximum Gasteiger partial charge on any atom is 0.284 e. The summed E-state index contributed by atoms with van der Waals surface area (Å²) in [5.74, 6) is 0. The second-order valence-corrected chi connectivity index (χ2v) is 4.61. The van der Waals surface area contributed by atoms with Gasteiger partial charge in [-0.15, -0.1) is 0 Å². The quantitative estimate of drug-likeness (QED) is 0.632. The van der Waals surface area contributed by atoms with E-state index in [-0.39, 0.29) is 16.9 Å². The lowest BCUT2D eigenvalue weighted by molar-refractivity contribution is -0.392. The Balaban J connectivity index is 2.79. The molecule has 0 aromatic heterocycles. The molecule has 0 amide bonds. The Bertz CT molecular complexity index is 640. The lowest BCUT2D eigenvalue weighted by Crippen LogP contribution is -1.97. The van der Waals surface area contributed by atoms with E-state index < -0.39 is 9.85 Å². The van der Waals surface area contributed by atoms with Gasteiger partial charge in [0.25, 0.3) is 11.4 Å². The standard InChI is InChI=1S/C12H7BrN2O4/c13-9-4-1-3-8(7-9)12-10(14(16)17)5-2-6-11(12)15(18)19/h1-7H. The van der Waals surface area contributed by atoms with Crippen molar-refractivity contribution in [2.75, 3.05) is 0 Å². The molecule has 96 valence electrons. The molecule has 6 nitrogen and oxygen atoms in total. The number of rotatable bonds is 3. The molecule has 0 aliphatic rings. The van der Waals surface area contributed by atoms with Crippen molar-refractivity contribution < 1.29 is 9.85 Å². The van der Waals surface area contributed by atoms with Crippen LogP contribution in [0.15, 0.2) is 46.9 Å². The summed E-state index contributed by atoms with van der Waals surface area (Å²) >= 11 is 3.24. The molecular weight excluding hydrogens is 316 g/mol. The summed E-state index contributed by atoms with van der Waals surface area (Å²) < 4.78 is 0.692. The molecule has 2 rings (SSSR count). The molecule has 0 radical (unpaired) electrons. The molecule has 7 heteroatoms. The second-order valence-electron chi connectivity index (χ2n) is 3.70. The highest BCUT2D eigenvalue weighted by Gasteiger charge is 2.25. The first kappa shape index (κ1) is 13.2. The largest absolute Gasteiger partial charge is 0.284 e. The van der Waals surface area contributed by atoms with Crippen LogP contribution in [0.5, 0.6) is 0 Å². The SMILES string of the molecule is O=[N+]([O-])c1cccc([N+](=O)[O-])c1-c1cccc(Br)c1. The highest BCUT2D eigenvalue weighted by atomic mass is 79.9. The third-order valence-corrected chi connectivity index (χ3v) is 3.02. The zero-order valence-electron chi connectivity index (χ0n) is 9.45. The van der Waals surface area contributed by atoms with Crippen molar-refractivity contribution in [3.63, 3.8) is 0 Å². The average Bonchev–Trinajstić information content (AvgIpc) is 2.37. The lowest BCUT2D eigenvalue weighted by atomic mass is 10.0. The monoisotopic (exact) mass is 322 g/mol. The Labute approximate surface area is 116 Å². The van der Waals surface area contributed by atoms with Gasteiger partial charge in [0, 0.05) is 16.6 Å². The van der Waals surface area contributed by atoms with Crippen LogP contribution < -0.4 is 0 Å².